The molecular formula is C25H18F3N3O5. The van der Waals surface area contributed by atoms with Gasteiger partial charge in [-0.3, -0.25) is 9.69 Å². The van der Waals surface area contributed by atoms with E-state index in [0.717, 1.165) is 10.5 Å². The van der Waals surface area contributed by atoms with Crippen molar-refractivity contribution in [3.63, 3.8) is 0 Å². The molecule has 1 amide bonds. The molecule has 2 aliphatic heterocycles. The summed E-state index contributed by atoms with van der Waals surface area (Å²) in [6, 6.07) is 17.5. The Labute approximate surface area is 202 Å². The fourth-order valence-electron chi connectivity index (χ4n) is 4.17. The SMILES string of the molecule is CN1C(=O)C(c2cccc(-c3ccc4c(c3)OCO4)c2)(c2ccccc2OC(=O)C(F)(F)F)N=C1N. The summed E-state index contributed by atoms with van der Waals surface area (Å²) < 4.78 is 54.4. The van der Waals surface area contributed by atoms with E-state index in [-0.39, 0.29) is 18.3 Å². The summed E-state index contributed by atoms with van der Waals surface area (Å²) >= 11 is 0. The number of ether oxygens (including phenoxy) is 3. The Morgan fingerprint density at radius 3 is 2.47 bits per heavy atom. The Morgan fingerprint density at radius 2 is 1.75 bits per heavy atom. The van der Waals surface area contributed by atoms with Gasteiger partial charge in [0.1, 0.15) is 5.75 Å². The smallest absolute Gasteiger partial charge is 0.454 e. The number of para-hydroxylation sites is 1. The lowest BCUT2D eigenvalue weighted by Crippen LogP contribution is -2.41. The molecule has 1 atom stereocenters. The van der Waals surface area contributed by atoms with Crippen molar-refractivity contribution < 1.29 is 37.0 Å². The maximum atomic E-state index is 13.6. The van der Waals surface area contributed by atoms with Gasteiger partial charge in [-0.05, 0) is 41.0 Å². The van der Waals surface area contributed by atoms with E-state index in [1.165, 1.54) is 31.3 Å². The van der Waals surface area contributed by atoms with Gasteiger partial charge in [0.25, 0.3) is 5.91 Å². The molecule has 11 heteroatoms. The summed E-state index contributed by atoms with van der Waals surface area (Å²) in [7, 11) is 1.40. The number of guanidine groups is 1. The monoisotopic (exact) mass is 497 g/mol. The summed E-state index contributed by atoms with van der Waals surface area (Å²) in [4.78, 5) is 30.8. The highest BCUT2D eigenvalue weighted by molar-refractivity contribution is 6.09. The van der Waals surface area contributed by atoms with Crippen LogP contribution < -0.4 is 19.9 Å². The van der Waals surface area contributed by atoms with Crippen molar-refractivity contribution in [2.24, 2.45) is 10.7 Å². The van der Waals surface area contributed by atoms with Crippen LogP contribution in [0.25, 0.3) is 11.1 Å². The van der Waals surface area contributed by atoms with Crippen LogP contribution in [0.2, 0.25) is 0 Å². The predicted octanol–water partition coefficient (Wildman–Crippen LogP) is 3.58. The van der Waals surface area contributed by atoms with E-state index < -0.39 is 29.3 Å². The number of hydrogen-bond acceptors (Lipinski definition) is 7. The van der Waals surface area contributed by atoms with Gasteiger partial charge < -0.3 is 19.9 Å². The first-order valence-corrected chi connectivity index (χ1v) is 10.6. The van der Waals surface area contributed by atoms with Crippen LogP contribution in [0, 0.1) is 0 Å². The fraction of sp³-hybridized carbons (Fsp3) is 0.160. The number of hydrogen-bond donors (Lipinski definition) is 1. The first kappa shape index (κ1) is 23.2. The molecule has 1 unspecified atom stereocenters. The van der Waals surface area contributed by atoms with E-state index in [1.807, 2.05) is 0 Å². The van der Waals surface area contributed by atoms with Crippen molar-refractivity contribution in [2.75, 3.05) is 13.8 Å². The molecule has 2 N–H and O–H groups in total. The van der Waals surface area contributed by atoms with Crippen LogP contribution in [0.15, 0.2) is 71.7 Å². The predicted molar refractivity (Wildman–Crippen MR) is 121 cm³/mol. The Morgan fingerprint density at radius 1 is 1.03 bits per heavy atom. The number of esters is 1. The highest BCUT2D eigenvalue weighted by Gasteiger charge is 2.52. The van der Waals surface area contributed by atoms with E-state index in [9.17, 15) is 22.8 Å². The number of halogens is 3. The first-order valence-electron chi connectivity index (χ1n) is 10.6. The average molecular weight is 497 g/mol. The molecule has 0 saturated carbocycles. The lowest BCUT2D eigenvalue weighted by molar-refractivity contribution is -0.189. The molecule has 0 saturated heterocycles. The van der Waals surface area contributed by atoms with E-state index in [1.54, 1.807) is 42.5 Å². The lowest BCUT2D eigenvalue weighted by atomic mass is 9.81. The van der Waals surface area contributed by atoms with E-state index in [0.29, 0.717) is 22.6 Å². The number of benzene rings is 3. The van der Waals surface area contributed by atoms with Crippen LogP contribution >= 0.6 is 0 Å². The quantitative estimate of drug-likeness (QED) is 0.437. The van der Waals surface area contributed by atoms with Crippen LogP contribution in [0.3, 0.4) is 0 Å². The Bertz CT molecular complexity index is 1420. The average Bonchev–Trinajstić information content (AvgIpc) is 3.42. The largest absolute Gasteiger partial charge is 0.491 e. The number of amides is 1. The highest BCUT2D eigenvalue weighted by Crippen LogP contribution is 2.45. The molecule has 0 aliphatic carbocycles. The standard InChI is InChI=1S/C25H18F3N3O5/c1-31-21(32)24(30-23(31)29,17-7-2-3-8-18(17)36-22(33)25(26,27)28)16-6-4-5-14(11-16)15-9-10-19-20(12-15)35-13-34-19/h2-12H,13H2,1H3,(H2,29,30). The van der Waals surface area contributed by atoms with Gasteiger partial charge in [0.15, 0.2) is 23.0 Å². The zero-order valence-corrected chi connectivity index (χ0v) is 18.7. The lowest BCUT2D eigenvalue weighted by Gasteiger charge is -2.28. The second kappa shape index (κ2) is 8.29. The van der Waals surface area contributed by atoms with Crippen molar-refractivity contribution in [3.8, 4) is 28.4 Å². The summed E-state index contributed by atoms with van der Waals surface area (Å²) in [6.07, 6.45) is -5.24. The molecule has 2 heterocycles. The molecule has 2 aliphatic rings. The molecule has 36 heavy (non-hydrogen) atoms. The number of nitrogens with two attached hydrogens (primary N) is 1. The van der Waals surface area contributed by atoms with E-state index in [2.05, 4.69) is 9.73 Å². The topological polar surface area (TPSA) is 103 Å². The summed E-state index contributed by atoms with van der Waals surface area (Å²) in [5, 5.41) is 0. The third kappa shape index (κ3) is 3.69. The summed E-state index contributed by atoms with van der Waals surface area (Å²) in [5.74, 6) is -2.51. The van der Waals surface area contributed by atoms with Gasteiger partial charge in [-0.1, -0.05) is 42.5 Å². The zero-order valence-electron chi connectivity index (χ0n) is 18.7. The number of carbonyl (C=O) groups excluding carboxylic acids is 2. The maximum absolute atomic E-state index is 13.6. The molecule has 0 fully saturated rings. The van der Waals surface area contributed by atoms with Gasteiger partial charge in [-0.25, -0.2) is 9.79 Å². The highest BCUT2D eigenvalue weighted by atomic mass is 19.4. The van der Waals surface area contributed by atoms with Crippen molar-refractivity contribution in [1.82, 2.24) is 4.90 Å². The summed E-state index contributed by atoms with van der Waals surface area (Å²) in [6.45, 7) is 0.101. The van der Waals surface area contributed by atoms with Gasteiger partial charge in [0.2, 0.25) is 6.79 Å². The number of likely N-dealkylation sites (N-methyl/N-ethyl adjacent to an activating group) is 1. The molecule has 8 nitrogen and oxygen atoms in total. The Kier molecular flexibility index (Phi) is 5.35. The second-order valence-electron chi connectivity index (χ2n) is 8.08. The van der Waals surface area contributed by atoms with Gasteiger partial charge in [0, 0.05) is 12.6 Å². The van der Waals surface area contributed by atoms with Crippen molar-refractivity contribution in [1.29, 1.82) is 0 Å². The normalized spacial score (nSPS) is 18.8. The van der Waals surface area contributed by atoms with Crippen LogP contribution in [0.5, 0.6) is 17.2 Å². The molecule has 3 aromatic carbocycles. The third-order valence-corrected chi connectivity index (χ3v) is 5.94. The van der Waals surface area contributed by atoms with Crippen molar-refractivity contribution in [3.05, 3.63) is 77.9 Å². The minimum absolute atomic E-state index is 0.0669. The minimum atomic E-state index is -5.24. The molecule has 0 spiro atoms. The van der Waals surface area contributed by atoms with Gasteiger partial charge in [-0.2, -0.15) is 13.2 Å². The second-order valence-corrected chi connectivity index (χ2v) is 8.08. The molecule has 0 radical (unpaired) electrons. The van der Waals surface area contributed by atoms with E-state index >= 15 is 0 Å². The number of fused-ring (bicyclic) bond motifs is 1. The number of aliphatic imine (C=N–C) groups is 1. The number of alkyl halides is 3. The van der Waals surface area contributed by atoms with Gasteiger partial charge in [-0.15, -0.1) is 0 Å². The van der Waals surface area contributed by atoms with Crippen LogP contribution in [-0.4, -0.2) is 42.8 Å². The molecular weight excluding hydrogens is 479 g/mol. The molecule has 0 bridgehead atoms. The minimum Gasteiger partial charge on any atom is -0.454 e. The van der Waals surface area contributed by atoms with E-state index in [4.69, 9.17) is 15.2 Å². The van der Waals surface area contributed by atoms with Crippen LogP contribution in [-0.2, 0) is 15.1 Å². The Balaban J connectivity index is 1.67. The number of rotatable bonds is 4. The number of nitrogens with zero attached hydrogens (tertiary/aromatic N) is 2. The molecule has 184 valence electrons. The Hall–Kier alpha value is -4.54. The zero-order chi connectivity index (χ0) is 25.7. The maximum Gasteiger partial charge on any atom is 0.491 e. The third-order valence-electron chi connectivity index (χ3n) is 5.94. The molecule has 3 aromatic rings. The van der Waals surface area contributed by atoms with Crippen LogP contribution in [0.4, 0.5) is 13.2 Å². The summed E-state index contributed by atoms with van der Waals surface area (Å²) in [5.41, 5.74) is 5.75. The van der Waals surface area contributed by atoms with Gasteiger partial charge >= 0.3 is 12.1 Å². The first-order chi connectivity index (χ1) is 17.1. The fourth-order valence-corrected chi connectivity index (χ4v) is 4.17. The molecule has 0 aromatic heterocycles. The van der Waals surface area contributed by atoms with Crippen molar-refractivity contribution in [2.45, 2.75) is 11.7 Å². The molecule has 5 rings (SSSR count). The number of carbonyl (C=O) groups is 2. The van der Waals surface area contributed by atoms with Crippen molar-refractivity contribution >= 4 is 17.8 Å². The van der Waals surface area contributed by atoms with Crippen LogP contribution in [0.1, 0.15) is 11.1 Å². The van der Waals surface area contributed by atoms with Gasteiger partial charge in [0.05, 0.1) is 0 Å².